The van der Waals surface area contributed by atoms with Crippen LogP contribution in [0.3, 0.4) is 0 Å². The van der Waals surface area contributed by atoms with E-state index >= 15 is 0 Å². The largest absolute Gasteiger partial charge is 0.295 e. The number of aromatic nitrogens is 1. The number of allylic oxidation sites excluding steroid dienone is 2. The van der Waals surface area contributed by atoms with Crippen LogP contribution in [-0.2, 0) is 16.6 Å². The van der Waals surface area contributed by atoms with Crippen LogP contribution in [0.1, 0.15) is 56.2 Å². The van der Waals surface area contributed by atoms with Gasteiger partial charge in [-0.05, 0) is 23.8 Å². The minimum absolute atomic E-state index is 0.0692. The maximum Gasteiger partial charge on any atom is 0.160 e. The third kappa shape index (κ3) is 2.00. The van der Waals surface area contributed by atoms with Gasteiger partial charge < -0.3 is 0 Å². The predicted octanol–water partition coefficient (Wildman–Crippen LogP) is 5.08. The number of hydrogen-bond donors (Lipinski definition) is 0. The van der Waals surface area contributed by atoms with Crippen LogP contribution in [-0.4, -0.2) is 10.8 Å². The van der Waals surface area contributed by atoms with Crippen LogP contribution in [0, 0.1) is 5.41 Å². The van der Waals surface area contributed by atoms with Crippen molar-refractivity contribution in [3.63, 3.8) is 0 Å². The van der Waals surface area contributed by atoms with Crippen LogP contribution >= 0.6 is 11.3 Å². The Balaban J connectivity index is 2.09. The van der Waals surface area contributed by atoms with Gasteiger partial charge in [0.25, 0.3) is 0 Å². The Kier molecular flexibility index (Phi) is 3.54. The van der Waals surface area contributed by atoms with Crippen molar-refractivity contribution in [3.8, 4) is 0 Å². The lowest BCUT2D eigenvalue weighted by molar-refractivity contribution is -0.117. The molecule has 0 fully saturated rings. The van der Waals surface area contributed by atoms with Gasteiger partial charge in [-0.1, -0.05) is 56.7 Å². The first-order valence-corrected chi connectivity index (χ1v) is 9.64. The highest BCUT2D eigenvalue weighted by molar-refractivity contribution is 7.10. The number of hydrogen-bond acceptors (Lipinski definition) is 3. The molecule has 1 aromatic carbocycles. The maximum absolute atomic E-state index is 13.1. The van der Waals surface area contributed by atoms with Crippen LogP contribution in [0.4, 0.5) is 0 Å². The van der Waals surface area contributed by atoms with Gasteiger partial charge in [-0.3, -0.25) is 4.79 Å². The molecular formula is C21H23NOS. The maximum atomic E-state index is 13.1. The molecule has 0 spiro atoms. The van der Waals surface area contributed by atoms with Gasteiger partial charge >= 0.3 is 0 Å². The number of carbonyl (C=O) groups is 1. The van der Waals surface area contributed by atoms with E-state index in [1.165, 1.54) is 21.7 Å². The number of carbonyl (C=O) groups excluding carboxylic acids is 1. The third-order valence-electron chi connectivity index (χ3n) is 5.97. The normalized spacial score (nSPS) is 25.4. The Hall–Kier alpha value is -1.74. The summed E-state index contributed by atoms with van der Waals surface area (Å²) in [4.78, 5) is 19.1. The molecule has 0 saturated carbocycles. The highest BCUT2D eigenvalue weighted by atomic mass is 32.1. The highest BCUT2D eigenvalue weighted by Gasteiger charge is 2.50. The van der Waals surface area contributed by atoms with Gasteiger partial charge in [0.2, 0.25) is 0 Å². The number of thiazole rings is 1. The molecule has 24 heavy (non-hydrogen) atoms. The van der Waals surface area contributed by atoms with E-state index in [9.17, 15) is 4.79 Å². The molecule has 1 heterocycles. The summed E-state index contributed by atoms with van der Waals surface area (Å²) in [5, 5.41) is 0. The van der Waals surface area contributed by atoms with Crippen molar-refractivity contribution in [2.75, 3.05) is 0 Å². The molecule has 0 aliphatic heterocycles. The summed E-state index contributed by atoms with van der Waals surface area (Å²) in [7, 11) is 0. The number of ketones is 1. The lowest BCUT2D eigenvalue weighted by Crippen LogP contribution is -2.42. The molecular weight excluding hydrogens is 314 g/mol. The van der Waals surface area contributed by atoms with E-state index in [2.05, 4.69) is 50.0 Å². The molecule has 124 valence electrons. The quantitative estimate of drug-likeness (QED) is 0.765. The number of benzene rings is 1. The summed E-state index contributed by atoms with van der Waals surface area (Å²) in [6, 6.07) is 10.6. The smallest absolute Gasteiger partial charge is 0.160 e. The van der Waals surface area contributed by atoms with E-state index in [0.29, 0.717) is 12.2 Å². The molecule has 2 aliphatic carbocycles. The first-order valence-electron chi connectivity index (χ1n) is 8.76. The fourth-order valence-corrected chi connectivity index (χ4v) is 5.71. The van der Waals surface area contributed by atoms with Crippen molar-refractivity contribution in [1.82, 2.24) is 4.98 Å². The van der Waals surface area contributed by atoms with Crippen LogP contribution in [0.5, 0.6) is 0 Å². The van der Waals surface area contributed by atoms with Gasteiger partial charge in [0.1, 0.15) is 0 Å². The first kappa shape index (κ1) is 15.8. The van der Waals surface area contributed by atoms with Gasteiger partial charge in [-0.15, -0.1) is 11.3 Å². The Morgan fingerprint density at radius 3 is 2.67 bits per heavy atom. The van der Waals surface area contributed by atoms with Crippen molar-refractivity contribution in [3.05, 3.63) is 63.1 Å². The van der Waals surface area contributed by atoms with Gasteiger partial charge in [0.05, 0.1) is 16.6 Å². The summed E-state index contributed by atoms with van der Waals surface area (Å²) >= 11 is 1.71. The Bertz CT molecular complexity index is 831. The van der Waals surface area contributed by atoms with Crippen LogP contribution in [0.2, 0.25) is 0 Å². The molecule has 1 unspecified atom stereocenters. The first-order chi connectivity index (χ1) is 11.5. The molecule has 1 atom stereocenters. The van der Waals surface area contributed by atoms with E-state index in [4.69, 9.17) is 0 Å². The molecule has 0 amide bonds. The highest BCUT2D eigenvalue weighted by Crippen LogP contribution is 2.56. The van der Waals surface area contributed by atoms with Gasteiger partial charge in [-0.25, -0.2) is 4.98 Å². The third-order valence-corrected chi connectivity index (χ3v) is 7.00. The van der Waals surface area contributed by atoms with Crippen molar-refractivity contribution in [2.24, 2.45) is 5.41 Å². The van der Waals surface area contributed by atoms with Crippen molar-refractivity contribution < 1.29 is 4.79 Å². The van der Waals surface area contributed by atoms with Crippen LogP contribution in [0.15, 0.2) is 47.0 Å². The van der Waals surface area contributed by atoms with Crippen LogP contribution < -0.4 is 0 Å². The van der Waals surface area contributed by atoms with E-state index in [0.717, 1.165) is 24.8 Å². The summed E-state index contributed by atoms with van der Waals surface area (Å²) in [5.74, 6) is 0.342. The average molecular weight is 337 g/mol. The second-order valence-electron chi connectivity index (χ2n) is 7.59. The fourth-order valence-electron chi connectivity index (χ4n) is 4.59. The minimum Gasteiger partial charge on any atom is -0.295 e. The standard InChI is InChI=1S/C21H23NOS/c1-4-21(14-8-6-5-7-9-14)18-15(12-16-19(21)24-13-22-16)20(2,3)11-10-17(18)23/h5-9,13H,4,10-12H2,1-3H3. The van der Waals surface area contributed by atoms with Gasteiger partial charge in [0, 0.05) is 23.3 Å². The summed E-state index contributed by atoms with van der Waals surface area (Å²) in [6.45, 7) is 6.79. The van der Waals surface area contributed by atoms with Gasteiger partial charge in [-0.2, -0.15) is 0 Å². The van der Waals surface area contributed by atoms with E-state index in [1.807, 2.05) is 11.6 Å². The second kappa shape index (κ2) is 5.38. The Labute approximate surface area is 147 Å². The lowest BCUT2D eigenvalue weighted by atomic mass is 9.57. The molecule has 0 N–H and O–H groups in total. The SMILES string of the molecule is CCC1(c2ccccc2)C2=C(Cc3ncsc31)C(C)(C)CCC2=O. The zero-order chi connectivity index (χ0) is 16.9. The van der Waals surface area contributed by atoms with E-state index < -0.39 is 0 Å². The topological polar surface area (TPSA) is 30.0 Å². The molecule has 1 aromatic heterocycles. The van der Waals surface area contributed by atoms with Crippen molar-refractivity contribution >= 4 is 17.1 Å². The molecule has 2 nitrogen and oxygen atoms in total. The lowest BCUT2D eigenvalue weighted by Gasteiger charge is -2.46. The fraction of sp³-hybridized carbons (Fsp3) is 0.429. The molecule has 2 aliphatic rings. The zero-order valence-corrected chi connectivity index (χ0v) is 15.4. The number of fused-ring (bicyclic) bond motifs is 1. The molecule has 0 saturated heterocycles. The molecule has 0 radical (unpaired) electrons. The van der Waals surface area contributed by atoms with E-state index in [1.54, 1.807) is 11.3 Å². The predicted molar refractivity (Wildman–Crippen MR) is 98.4 cm³/mol. The van der Waals surface area contributed by atoms with Crippen molar-refractivity contribution in [2.45, 2.75) is 51.9 Å². The number of nitrogens with zero attached hydrogens (tertiary/aromatic N) is 1. The molecule has 2 aromatic rings. The molecule has 0 bridgehead atoms. The summed E-state index contributed by atoms with van der Waals surface area (Å²) in [6.07, 6.45) is 3.33. The number of Topliss-reactive ketones (excluding diaryl/α,β-unsaturated/α-hetero) is 1. The average Bonchev–Trinajstić information content (AvgIpc) is 3.06. The summed E-state index contributed by atoms with van der Waals surface area (Å²) in [5.41, 5.74) is 6.50. The Morgan fingerprint density at radius 2 is 1.96 bits per heavy atom. The molecule has 4 rings (SSSR count). The Morgan fingerprint density at radius 1 is 1.21 bits per heavy atom. The minimum atomic E-state index is -0.319. The molecule has 3 heteroatoms. The van der Waals surface area contributed by atoms with Gasteiger partial charge in [0.15, 0.2) is 5.78 Å². The van der Waals surface area contributed by atoms with Crippen molar-refractivity contribution in [1.29, 1.82) is 0 Å². The zero-order valence-electron chi connectivity index (χ0n) is 14.6. The second-order valence-corrected chi connectivity index (χ2v) is 8.45. The van der Waals surface area contributed by atoms with E-state index in [-0.39, 0.29) is 10.8 Å². The summed E-state index contributed by atoms with van der Waals surface area (Å²) < 4.78 is 0. The van der Waals surface area contributed by atoms with Crippen LogP contribution in [0.25, 0.3) is 0 Å². The monoisotopic (exact) mass is 337 g/mol. The number of rotatable bonds is 2.